The summed E-state index contributed by atoms with van der Waals surface area (Å²) in [5.41, 5.74) is 2.10. The predicted octanol–water partition coefficient (Wildman–Crippen LogP) is 4.56. The summed E-state index contributed by atoms with van der Waals surface area (Å²) in [6, 6.07) is 5.52. The first-order chi connectivity index (χ1) is 6.22. The van der Waals surface area contributed by atoms with Gasteiger partial charge in [0.15, 0.2) is 0 Å². The Bertz CT molecular complexity index is 267. The van der Waals surface area contributed by atoms with Crippen molar-refractivity contribution in [3.63, 3.8) is 0 Å². The minimum absolute atomic E-state index is 0.384. The fourth-order valence-electron chi connectivity index (χ4n) is 0.736. The van der Waals surface area contributed by atoms with Gasteiger partial charge in [0.05, 0.1) is 0 Å². The second-order valence-electron chi connectivity index (χ2n) is 2.65. The minimum Gasteiger partial charge on any atom is -0.508 e. The molecule has 0 saturated heterocycles. The molecule has 0 aliphatic rings. The molecule has 0 amide bonds. The van der Waals surface area contributed by atoms with Crippen LogP contribution >= 0.6 is 46.4 Å². The highest BCUT2D eigenvalue weighted by Gasteiger charge is 2.11. The van der Waals surface area contributed by atoms with Gasteiger partial charge in [-0.25, -0.2) is 0 Å². The maximum absolute atomic E-state index is 9.10. The van der Waals surface area contributed by atoms with Crippen molar-refractivity contribution in [2.24, 2.45) is 0 Å². The second-order valence-corrected chi connectivity index (χ2v) is 6.08. The Kier molecular flexibility index (Phi) is 5.99. The topological polar surface area (TPSA) is 20.2 Å². The number of alkyl halides is 4. The smallest absolute Gasteiger partial charge is 0.266 e. The highest BCUT2D eigenvalue weighted by Crippen LogP contribution is 2.29. The molecule has 1 nitrogen and oxygen atoms in total. The summed E-state index contributed by atoms with van der Waals surface area (Å²) in [5.74, 6) is 0.384. The number of hydrogen-bond donors (Lipinski definition) is 1. The maximum Gasteiger partial charge on any atom is 0.266 e. The van der Waals surface area contributed by atoms with Crippen LogP contribution in [0.4, 0.5) is 0 Å². The fourth-order valence-corrected chi connectivity index (χ4v) is 0.736. The van der Waals surface area contributed by atoms with Gasteiger partial charge >= 0.3 is 0 Å². The summed E-state index contributed by atoms with van der Waals surface area (Å²) in [4.78, 5) is 0. The zero-order chi connectivity index (χ0) is 11.4. The molecule has 1 N–H and O–H groups in total. The van der Waals surface area contributed by atoms with Crippen molar-refractivity contribution in [3.05, 3.63) is 29.3 Å². The average molecular weight is 276 g/mol. The quantitative estimate of drug-likeness (QED) is 0.688. The Hall–Kier alpha value is 0.180. The third-order valence-electron chi connectivity index (χ3n) is 1.58. The molecular weight excluding hydrogens is 266 g/mol. The monoisotopic (exact) mass is 274 g/mol. The molecule has 0 aromatic heterocycles. The summed E-state index contributed by atoms with van der Waals surface area (Å²) in [6.07, 6.45) is 0. The van der Waals surface area contributed by atoms with Gasteiger partial charge in [0.2, 0.25) is 0 Å². The molecule has 0 saturated carbocycles. The first-order valence-corrected chi connectivity index (χ1v) is 5.24. The molecule has 1 aromatic rings. The van der Waals surface area contributed by atoms with E-state index in [9.17, 15) is 0 Å². The lowest BCUT2D eigenvalue weighted by molar-refractivity contribution is 0.470. The van der Waals surface area contributed by atoms with E-state index in [2.05, 4.69) is 0 Å². The molecule has 0 radical (unpaired) electrons. The first kappa shape index (κ1) is 14.2. The number of benzene rings is 1. The molecule has 0 aliphatic carbocycles. The number of rotatable bonds is 0. The maximum atomic E-state index is 9.10. The fraction of sp³-hybridized carbons (Fsp3) is 0.333. The Morgan fingerprint density at radius 3 is 1.79 bits per heavy atom. The largest absolute Gasteiger partial charge is 0.508 e. The van der Waals surface area contributed by atoms with Crippen molar-refractivity contribution in [1.29, 1.82) is 0 Å². The highest BCUT2D eigenvalue weighted by molar-refractivity contribution is 6.83. The normalized spacial score (nSPS) is 10.4. The predicted molar refractivity (Wildman–Crippen MR) is 63.7 cm³/mol. The third kappa shape index (κ3) is 7.57. The van der Waals surface area contributed by atoms with Crippen LogP contribution in [0.3, 0.4) is 0 Å². The number of phenolic OH excluding ortho intramolecular Hbond substituents is 1. The Labute approximate surface area is 104 Å². The van der Waals surface area contributed by atoms with Crippen LogP contribution in [-0.2, 0) is 0 Å². The van der Waals surface area contributed by atoms with Crippen molar-refractivity contribution in [3.8, 4) is 5.75 Å². The standard InChI is InChI=1S/C8H10O.CCl4/c1-6-4-3-5-8(9)7(6)2;2-1(3,4)5/h3-5,9H,1-2H3;. The molecule has 0 heterocycles. The molecule has 0 unspecified atom stereocenters. The van der Waals surface area contributed by atoms with E-state index in [-0.39, 0.29) is 0 Å². The molecule has 1 aromatic carbocycles. The molecule has 80 valence electrons. The van der Waals surface area contributed by atoms with E-state index in [1.54, 1.807) is 6.07 Å². The Morgan fingerprint density at radius 1 is 1.07 bits per heavy atom. The number of hydrogen-bond acceptors (Lipinski definition) is 1. The lowest BCUT2D eigenvalue weighted by atomic mass is 10.1. The van der Waals surface area contributed by atoms with Crippen molar-refractivity contribution in [1.82, 2.24) is 0 Å². The molecular formula is C9H10Cl4O. The van der Waals surface area contributed by atoms with Crippen LogP contribution in [-0.4, -0.2) is 8.36 Å². The van der Waals surface area contributed by atoms with Crippen LogP contribution in [0.25, 0.3) is 0 Å². The summed E-state index contributed by atoms with van der Waals surface area (Å²) >= 11 is 19.3. The van der Waals surface area contributed by atoms with E-state index in [0.717, 1.165) is 11.1 Å². The highest BCUT2D eigenvalue weighted by atomic mass is 35.6. The number of aryl methyl sites for hydroxylation is 1. The van der Waals surface area contributed by atoms with Gasteiger partial charge in [0.1, 0.15) is 5.75 Å². The molecule has 0 aliphatic heterocycles. The number of halogens is 4. The summed E-state index contributed by atoms with van der Waals surface area (Å²) in [6.45, 7) is 3.89. The van der Waals surface area contributed by atoms with Crippen LogP contribution in [0, 0.1) is 13.8 Å². The van der Waals surface area contributed by atoms with Gasteiger partial charge in [-0.2, -0.15) is 0 Å². The average Bonchev–Trinajstić information content (AvgIpc) is 1.97. The SMILES string of the molecule is Cc1cccc(O)c1C.ClC(Cl)(Cl)Cl. The molecule has 0 fully saturated rings. The van der Waals surface area contributed by atoms with Crippen molar-refractivity contribution < 1.29 is 5.11 Å². The summed E-state index contributed by atoms with van der Waals surface area (Å²) in [7, 11) is 0. The number of aromatic hydroxyl groups is 1. The van der Waals surface area contributed by atoms with Gasteiger partial charge < -0.3 is 5.11 Å². The Balaban J connectivity index is 0.000000292. The van der Waals surface area contributed by atoms with E-state index in [4.69, 9.17) is 51.5 Å². The van der Waals surface area contributed by atoms with Gasteiger partial charge in [-0.05, 0) is 31.0 Å². The van der Waals surface area contributed by atoms with Gasteiger partial charge in [0.25, 0.3) is 3.25 Å². The lowest BCUT2D eigenvalue weighted by Crippen LogP contribution is -1.81. The van der Waals surface area contributed by atoms with Crippen molar-refractivity contribution in [2.75, 3.05) is 0 Å². The minimum atomic E-state index is -1.61. The van der Waals surface area contributed by atoms with Gasteiger partial charge in [-0.3, -0.25) is 0 Å². The van der Waals surface area contributed by atoms with E-state index in [1.165, 1.54) is 0 Å². The van der Waals surface area contributed by atoms with E-state index >= 15 is 0 Å². The van der Waals surface area contributed by atoms with E-state index in [1.807, 2.05) is 26.0 Å². The van der Waals surface area contributed by atoms with Crippen LogP contribution in [0.5, 0.6) is 5.75 Å². The van der Waals surface area contributed by atoms with Crippen LogP contribution in [0.15, 0.2) is 18.2 Å². The molecule has 14 heavy (non-hydrogen) atoms. The third-order valence-corrected chi connectivity index (χ3v) is 1.58. The van der Waals surface area contributed by atoms with Gasteiger partial charge in [-0.1, -0.05) is 58.5 Å². The second kappa shape index (κ2) is 5.92. The van der Waals surface area contributed by atoms with Gasteiger partial charge in [0, 0.05) is 0 Å². The Morgan fingerprint density at radius 2 is 1.50 bits per heavy atom. The van der Waals surface area contributed by atoms with Crippen LogP contribution in [0.1, 0.15) is 11.1 Å². The zero-order valence-corrected chi connectivity index (χ0v) is 10.7. The van der Waals surface area contributed by atoms with Crippen LogP contribution < -0.4 is 0 Å². The number of phenols is 1. The molecule has 1 rings (SSSR count). The summed E-state index contributed by atoms with van der Waals surface area (Å²) in [5, 5.41) is 9.10. The lowest BCUT2D eigenvalue weighted by Gasteiger charge is -1.99. The summed E-state index contributed by atoms with van der Waals surface area (Å²) < 4.78 is -1.61. The first-order valence-electron chi connectivity index (χ1n) is 3.72. The van der Waals surface area contributed by atoms with Crippen molar-refractivity contribution >= 4 is 46.4 Å². The zero-order valence-electron chi connectivity index (χ0n) is 7.69. The van der Waals surface area contributed by atoms with E-state index in [0.29, 0.717) is 5.75 Å². The molecule has 0 spiro atoms. The molecule has 5 heteroatoms. The molecule has 0 atom stereocenters. The van der Waals surface area contributed by atoms with Crippen LogP contribution in [0.2, 0.25) is 0 Å². The molecule has 0 bridgehead atoms. The van der Waals surface area contributed by atoms with E-state index < -0.39 is 3.25 Å². The van der Waals surface area contributed by atoms with Gasteiger partial charge in [-0.15, -0.1) is 0 Å². The van der Waals surface area contributed by atoms with Crippen molar-refractivity contribution in [2.45, 2.75) is 17.1 Å².